The molecule has 1 fully saturated rings. The van der Waals surface area contributed by atoms with E-state index in [1.54, 1.807) is 0 Å². The lowest BCUT2D eigenvalue weighted by molar-refractivity contribution is 0.289. The molecular weight excluding hydrogens is 200 g/mol. The Morgan fingerprint density at radius 1 is 1.38 bits per heavy atom. The number of aromatic nitrogens is 2. The van der Waals surface area contributed by atoms with E-state index in [-0.39, 0.29) is 0 Å². The van der Waals surface area contributed by atoms with Crippen LogP contribution in [0.25, 0.3) is 0 Å². The molecule has 16 heavy (non-hydrogen) atoms. The molecule has 0 saturated heterocycles. The maximum absolute atomic E-state index is 5.69. The van der Waals surface area contributed by atoms with Gasteiger partial charge in [0.25, 0.3) is 0 Å². The molecule has 0 unspecified atom stereocenters. The molecule has 0 atom stereocenters. The highest BCUT2D eigenvalue weighted by molar-refractivity contribution is 5.37. The summed E-state index contributed by atoms with van der Waals surface area (Å²) in [5, 5.41) is 7.60. The van der Waals surface area contributed by atoms with Gasteiger partial charge in [0.05, 0.1) is 11.9 Å². The van der Waals surface area contributed by atoms with Crippen LogP contribution in [-0.2, 0) is 7.05 Å². The first kappa shape index (κ1) is 11.5. The number of nitrogens with two attached hydrogens (primary N) is 1. The molecule has 0 aliphatic heterocycles. The van der Waals surface area contributed by atoms with Crippen molar-refractivity contribution in [3.8, 4) is 0 Å². The Morgan fingerprint density at radius 3 is 2.62 bits per heavy atom. The summed E-state index contributed by atoms with van der Waals surface area (Å²) < 4.78 is 1.83. The predicted octanol–water partition coefficient (Wildman–Crippen LogP) is 1.60. The molecule has 0 spiro atoms. The smallest absolute Gasteiger partial charge is 0.0726 e. The standard InChI is InChI=1S/C12H22N4/c1-16-9-12(8-15-16)14-7-11-4-2-10(6-13)3-5-11/h8-11,14H,2-7,13H2,1H3. The van der Waals surface area contributed by atoms with Gasteiger partial charge >= 0.3 is 0 Å². The molecule has 1 saturated carbocycles. The molecule has 0 bridgehead atoms. The largest absolute Gasteiger partial charge is 0.382 e. The molecule has 1 aliphatic rings. The molecular formula is C12H22N4. The molecule has 1 aromatic heterocycles. The fraction of sp³-hybridized carbons (Fsp3) is 0.750. The normalized spacial score (nSPS) is 25.6. The Hall–Kier alpha value is -1.03. The van der Waals surface area contributed by atoms with Crippen LogP contribution < -0.4 is 11.1 Å². The second kappa shape index (κ2) is 5.34. The topological polar surface area (TPSA) is 55.9 Å². The van der Waals surface area contributed by atoms with Crippen molar-refractivity contribution < 1.29 is 0 Å². The van der Waals surface area contributed by atoms with Gasteiger partial charge in [0.2, 0.25) is 0 Å². The first-order chi connectivity index (χ1) is 7.78. The summed E-state index contributed by atoms with van der Waals surface area (Å²) in [5.74, 6) is 1.58. The van der Waals surface area contributed by atoms with Gasteiger partial charge < -0.3 is 11.1 Å². The fourth-order valence-electron chi connectivity index (χ4n) is 2.45. The van der Waals surface area contributed by atoms with E-state index < -0.39 is 0 Å². The van der Waals surface area contributed by atoms with Crippen LogP contribution in [0.2, 0.25) is 0 Å². The fourth-order valence-corrected chi connectivity index (χ4v) is 2.45. The number of anilines is 1. The van der Waals surface area contributed by atoms with Crippen LogP contribution in [0.5, 0.6) is 0 Å². The van der Waals surface area contributed by atoms with Crippen molar-refractivity contribution in [2.24, 2.45) is 24.6 Å². The third-order valence-corrected chi connectivity index (χ3v) is 3.60. The third-order valence-electron chi connectivity index (χ3n) is 3.60. The molecule has 3 N–H and O–H groups in total. The number of hydrogen-bond acceptors (Lipinski definition) is 3. The van der Waals surface area contributed by atoms with Crippen LogP contribution in [-0.4, -0.2) is 22.9 Å². The van der Waals surface area contributed by atoms with Crippen LogP contribution in [0.3, 0.4) is 0 Å². The van der Waals surface area contributed by atoms with E-state index in [0.717, 1.165) is 30.6 Å². The van der Waals surface area contributed by atoms with Crippen LogP contribution in [0.15, 0.2) is 12.4 Å². The van der Waals surface area contributed by atoms with Gasteiger partial charge in [0, 0.05) is 19.8 Å². The average molecular weight is 222 g/mol. The molecule has 90 valence electrons. The van der Waals surface area contributed by atoms with Crippen molar-refractivity contribution in [1.82, 2.24) is 9.78 Å². The maximum Gasteiger partial charge on any atom is 0.0726 e. The van der Waals surface area contributed by atoms with Gasteiger partial charge in [-0.1, -0.05) is 0 Å². The Labute approximate surface area is 97.2 Å². The van der Waals surface area contributed by atoms with Crippen molar-refractivity contribution in [2.75, 3.05) is 18.4 Å². The van der Waals surface area contributed by atoms with E-state index >= 15 is 0 Å². The van der Waals surface area contributed by atoms with Gasteiger partial charge in [0.15, 0.2) is 0 Å². The summed E-state index contributed by atoms with van der Waals surface area (Å²) in [6, 6.07) is 0. The Morgan fingerprint density at radius 2 is 2.06 bits per heavy atom. The molecule has 1 aromatic rings. The zero-order valence-corrected chi connectivity index (χ0v) is 10.0. The Kier molecular flexibility index (Phi) is 3.83. The van der Waals surface area contributed by atoms with Gasteiger partial charge in [-0.3, -0.25) is 4.68 Å². The van der Waals surface area contributed by atoms with Gasteiger partial charge in [-0.15, -0.1) is 0 Å². The second-order valence-electron chi connectivity index (χ2n) is 4.91. The van der Waals surface area contributed by atoms with Crippen molar-refractivity contribution in [1.29, 1.82) is 0 Å². The molecule has 1 heterocycles. The van der Waals surface area contributed by atoms with E-state index in [1.807, 2.05) is 24.1 Å². The predicted molar refractivity (Wildman–Crippen MR) is 66.2 cm³/mol. The van der Waals surface area contributed by atoms with E-state index in [0.29, 0.717) is 0 Å². The van der Waals surface area contributed by atoms with Crippen molar-refractivity contribution in [3.63, 3.8) is 0 Å². The number of nitrogens with zero attached hydrogens (tertiary/aromatic N) is 2. The monoisotopic (exact) mass is 222 g/mol. The minimum Gasteiger partial charge on any atom is -0.382 e. The molecule has 0 radical (unpaired) electrons. The number of hydrogen-bond donors (Lipinski definition) is 2. The molecule has 4 heteroatoms. The van der Waals surface area contributed by atoms with Crippen LogP contribution in [0, 0.1) is 11.8 Å². The first-order valence-corrected chi connectivity index (χ1v) is 6.20. The van der Waals surface area contributed by atoms with E-state index in [1.165, 1.54) is 25.7 Å². The molecule has 1 aliphatic carbocycles. The van der Waals surface area contributed by atoms with E-state index in [4.69, 9.17) is 5.73 Å². The van der Waals surface area contributed by atoms with Crippen molar-refractivity contribution in [2.45, 2.75) is 25.7 Å². The second-order valence-corrected chi connectivity index (χ2v) is 4.91. The SMILES string of the molecule is Cn1cc(NCC2CCC(CN)CC2)cn1. The highest BCUT2D eigenvalue weighted by Crippen LogP contribution is 2.28. The maximum atomic E-state index is 5.69. The van der Waals surface area contributed by atoms with Crippen molar-refractivity contribution in [3.05, 3.63) is 12.4 Å². The first-order valence-electron chi connectivity index (χ1n) is 6.20. The summed E-state index contributed by atoms with van der Waals surface area (Å²) >= 11 is 0. The van der Waals surface area contributed by atoms with Gasteiger partial charge in [-0.25, -0.2) is 0 Å². The summed E-state index contributed by atoms with van der Waals surface area (Å²) in [5.41, 5.74) is 6.82. The molecule has 2 rings (SSSR count). The lowest BCUT2D eigenvalue weighted by Crippen LogP contribution is -2.25. The average Bonchev–Trinajstić information content (AvgIpc) is 2.73. The van der Waals surface area contributed by atoms with Crippen LogP contribution in [0.4, 0.5) is 5.69 Å². The molecule has 4 nitrogen and oxygen atoms in total. The van der Waals surface area contributed by atoms with Crippen LogP contribution in [0.1, 0.15) is 25.7 Å². The Balaban J connectivity index is 1.71. The third kappa shape index (κ3) is 2.98. The lowest BCUT2D eigenvalue weighted by atomic mass is 9.82. The highest BCUT2D eigenvalue weighted by atomic mass is 15.3. The summed E-state index contributed by atoms with van der Waals surface area (Å²) in [7, 11) is 1.94. The zero-order chi connectivity index (χ0) is 11.4. The van der Waals surface area contributed by atoms with Gasteiger partial charge in [-0.05, 0) is 44.1 Å². The summed E-state index contributed by atoms with van der Waals surface area (Å²) in [6.07, 6.45) is 9.13. The van der Waals surface area contributed by atoms with Crippen molar-refractivity contribution >= 4 is 5.69 Å². The lowest BCUT2D eigenvalue weighted by Gasteiger charge is -2.27. The van der Waals surface area contributed by atoms with Crippen LogP contribution >= 0.6 is 0 Å². The Bertz CT molecular complexity index is 313. The van der Waals surface area contributed by atoms with E-state index in [9.17, 15) is 0 Å². The van der Waals surface area contributed by atoms with Gasteiger partial charge in [-0.2, -0.15) is 5.10 Å². The molecule has 0 amide bonds. The molecule has 0 aromatic carbocycles. The summed E-state index contributed by atoms with van der Waals surface area (Å²) in [4.78, 5) is 0. The summed E-state index contributed by atoms with van der Waals surface area (Å²) in [6.45, 7) is 1.94. The quantitative estimate of drug-likeness (QED) is 0.813. The minimum absolute atomic E-state index is 0.773. The number of nitrogens with one attached hydrogen (secondary N) is 1. The minimum atomic E-state index is 0.773. The highest BCUT2D eigenvalue weighted by Gasteiger charge is 2.19. The van der Waals surface area contributed by atoms with E-state index in [2.05, 4.69) is 10.4 Å². The van der Waals surface area contributed by atoms with Gasteiger partial charge in [0.1, 0.15) is 0 Å². The zero-order valence-electron chi connectivity index (χ0n) is 10.0. The number of aryl methyl sites for hydroxylation is 1. The number of rotatable bonds is 4.